The van der Waals surface area contributed by atoms with Crippen molar-refractivity contribution in [2.75, 3.05) is 6.61 Å². The van der Waals surface area contributed by atoms with Crippen molar-refractivity contribution in [3.63, 3.8) is 0 Å². The molecule has 1 saturated carbocycles. The molecule has 0 radical (unpaired) electrons. The molecular formula is C27H29F6NO3. The molecule has 1 aliphatic carbocycles. The van der Waals surface area contributed by atoms with Crippen LogP contribution >= 0.6 is 0 Å². The first-order valence-corrected chi connectivity index (χ1v) is 12.0. The Morgan fingerprint density at radius 1 is 0.919 bits per heavy atom. The number of hydrogen-bond acceptors (Lipinski definition) is 3. The van der Waals surface area contributed by atoms with Gasteiger partial charge in [-0.05, 0) is 75.8 Å². The number of alkyl carbamates (subject to hydrolysis) is 1. The first kappa shape index (κ1) is 27.3. The van der Waals surface area contributed by atoms with Crippen molar-refractivity contribution >= 4 is 6.09 Å². The second-order valence-electron chi connectivity index (χ2n) is 10.5. The fraction of sp³-hybridized carbons (Fsp3) is 0.519. The van der Waals surface area contributed by atoms with E-state index in [9.17, 15) is 31.1 Å². The van der Waals surface area contributed by atoms with Crippen molar-refractivity contribution in [2.24, 2.45) is 0 Å². The van der Waals surface area contributed by atoms with E-state index in [0.717, 1.165) is 5.56 Å². The summed E-state index contributed by atoms with van der Waals surface area (Å²) in [6, 6.07) is 11.0. The van der Waals surface area contributed by atoms with Crippen LogP contribution in [0.15, 0.2) is 48.5 Å². The Morgan fingerprint density at radius 3 is 1.92 bits per heavy atom. The summed E-state index contributed by atoms with van der Waals surface area (Å²) in [6.45, 7) is 5.24. The smallest absolute Gasteiger partial charge is 0.416 e. The molecule has 2 aromatic rings. The maximum Gasteiger partial charge on any atom is 0.416 e. The van der Waals surface area contributed by atoms with Crippen LogP contribution in [-0.4, -0.2) is 23.8 Å². The van der Waals surface area contributed by atoms with E-state index in [4.69, 9.17) is 9.47 Å². The van der Waals surface area contributed by atoms with Crippen molar-refractivity contribution < 1.29 is 40.6 Å². The zero-order valence-electron chi connectivity index (χ0n) is 20.7. The molecule has 4 rings (SSSR count). The fourth-order valence-corrected chi connectivity index (χ4v) is 5.49. The van der Waals surface area contributed by atoms with Crippen LogP contribution in [0, 0.1) is 0 Å². The maximum absolute atomic E-state index is 13.3. The lowest BCUT2D eigenvalue weighted by atomic mass is 9.61. The lowest BCUT2D eigenvalue weighted by molar-refractivity contribution is -0.143. The van der Waals surface area contributed by atoms with Gasteiger partial charge >= 0.3 is 18.4 Å². The van der Waals surface area contributed by atoms with E-state index in [0.29, 0.717) is 37.8 Å². The molecule has 1 amide bonds. The minimum atomic E-state index is -4.93. The lowest BCUT2D eigenvalue weighted by Crippen LogP contribution is -2.58. The number of rotatable bonds is 5. The Hall–Kier alpha value is -2.75. The topological polar surface area (TPSA) is 47.6 Å². The van der Waals surface area contributed by atoms with Gasteiger partial charge in [-0.15, -0.1) is 0 Å². The van der Waals surface area contributed by atoms with Gasteiger partial charge in [0.1, 0.15) is 5.60 Å². The summed E-state index contributed by atoms with van der Waals surface area (Å²) in [5.74, 6) is 0. The summed E-state index contributed by atoms with van der Waals surface area (Å²) in [4.78, 5) is 12.0. The van der Waals surface area contributed by atoms with Gasteiger partial charge in [0.25, 0.3) is 0 Å². The van der Waals surface area contributed by atoms with E-state index in [1.807, 2.05) is 44.2 Å². The van der Waals surface area contributed by atoms with Crippen LogP contribution < -0.4 is 5.32 Å². The average Bonchev–Trinajstić information content (AvgIpc) is 3.04. The Kier molecular flexibility index (Phi) is 6.80. The summed E-state index contributed by atoms with van der Waals surface area (Å²) in [5.41, 5.74) is -3.83. The quantitative estimate of drug-likeness (QED) is 0.407. The third-order valence-electron chi connectivity index (χ3n) is 7.98. The molecule has 202 valence electrons. The number of ether oxygens (including phenoxy) is 2. The maximum atomic E-state index is 13.3. The molecule has 1 heterocycles. The van der Waals surface area contributed by atoms with Gasteiger partial charge in [-0.2, -0.15) is 26.3 Å². The van der Waals surface area contributed by atoms with E-state index in [-0.39, 0.29) is 18.2 Å². The second kappa shape index (κ2) is 9.22. The highest BCUT2D eigenvalue weighted by Gasteiger charge is 2.58. The standard InChI is InChI=1S/C27H29F6NO3/c1-17(18-13-20(26(28,29)30)15-21(14-18)27(31,32)33)36-16-24(19-7-5-4-6-8-19)9-11-25(12-10-24)23(2,3)37-22(35)34-25/h4-8,13-15,17H,9-12,16H2,1-3H3,(H,34,35). The summed E-state index contributed by atoms with van der Waals surface area (Å²) in [6.07, 6.45) is -9.07. The minimum absolute atomic E-state index is 0.0844. The normalized spacial score (nSPS) is 26.6. The number of carbonyl (C=O) groups is 1. The molecule has 2 aromatic carbocycles. The number of halogens is 6. The number of alkyl halides is 6. The van der Waals surface area contributed by atoms with E-state index < -0.39 is 52.2 Å². The molecule has 1 N–H and O–H groups in total. The molecular weight excluding hydrogens is 500 g/mol. The van der Waals surface area contributed by atoms with Crippen molar-refractivity contribution in [2.45, 2.75) is 81.5 Å². The largest absolute Gasteiger partial charge is 0.441 e. The Balaban J connectivity index is 1.60. The molecule has 0 bridgehead atoms. The Bertz CT molecular complexity index is 1100. The summed E-state index contributed by atoms with van der Waals surface area (Å²) in [7, 11) is 0. The van der Waals surface area contributed by atoms with Crippen molar-refractivity contribution in [1.29, 1.82) is 0 Å². The molecule has 2 fully saturated rings. The monoisotopic (exact) mass is 529 g/mol. The van der Waals surface area contributed by atoms with Crippen LogP contribution in [-0.2, 0) is 27.2 Å². The number of carbonyl (C=O) groups excluding carboxylic acids is 1. The highest BCUT2D eigenvalue weighted by atomic mass is 19.4. The molecule has 1 unspecified atom stereocenters. The van der Waals surface area contributed by atoms with Crippen LogP contribution in [0.5, 0.6) is 0 Å². The van der Waals surface area contributed by atoms with Crippen LogP contribution in [0.4, 0.5) is 31.1 Å². The van der Waals surface area contributed by atoms with Crippen molar-refractivity contribution in [3.8, 4) is 0 Å². The second-order valence-corrected chi connectivity index (χ2v) is 10.5. The van der Waals surface area contributed by atoms with Gasteiger partial charge in [-0.25, -0.2) is 4.79 Å². The van der Waals surface area contributed by atoms with Gasteiger partial charge in [0.15, 0.2) is 0 Å². The summed E-state index contributed by atoms with van der Waals surface area (Å²) in [5, 5.41) is 2.97. The van der Waals surface area contributed by atoms with E-state index in [1.165, 1.54) is 6.92 Å². The first-order valence-electron chi connectivity index (χ1n) is 12.0. The van der Waals surface area contributed by atoms with Gasteiger partial charge in [-0.3, -0.25) is 0 Å². The van der Waals surface area contributed by atoms with Crippen LogP contribution in [0.1, 0.15) is 74.8 Å². The average molecular weight is 530 g/mol. The summed E-state index contributed by atoms with van der Waals surface area (Å²) < 4.78 is 91.6. The molecule has 4 nitrogen and oxygen atoms in total. The van der Waals surface area contributed by atoms with Crippen molar-refractivity contribution in [3.05, 3.63) is 70.8 Å². The van der Waals surface area contributed by atoms with E-state index >= 15 is 0 Å². The van der Waals surface area contributed by atoms with Gasteiger partial charge < -0.3 is 14.8 Å². The zero-order valence-corrected chi connectivity index (χ0v) is 20.7. The van der Waals surface area contributed by atoms with E-state index in [2.05, 4.69) is 5.32 Å². The van der Waals surface area contributed by atoms with Gasteiger partial charge in [0.2, 0.25) is 0 Å². The third kappa shape index (κ3) is 5.30. The number of hydrogen-bond donors (Lipinski definition) is 1. The fourth-order valence-electron chi connectivity index (χ4n) is 5.49. The van der Waals surface area contributed by atoms with E-state index in [1.54, 1.807) is 0 Å². The molecule has 0 aromatic heterocycles. The molecule has 10 heteroatoms. The Labute approximate surface area is 211 Å². The first-order chi connectivity index (χ1) is 17.1. The van der Waals surface area contributed by atoms with Crippen molar-refractivity contribution in [1.82, 2.24) is 5.32 Å². The van der Waals surface area contributed by atoms with Crippen LogP contribution in [0.25, 0.3) is 0 Å². The van der Waals surface area contributed by atoms with Gasteiger partial charge in [-0.1, -0.05) is 30.3 Å². The highest BCUT2D eigenvalue weighted by molar-refractivity contribution is 5.72. The minimum Gasteiger partial charge on any atom is -0.441 e. The van der Waals surface area contributed by atoms with Crippen LogP contribution in [0.3, 0.4) is 0 Å². The number of amides is 1. The Morgan fingerprint density at radius 2 is 1.46 bits per heavy atom. The third-order valence-corrected chi connectivity index (χ3v) is 7.98. The lowest BCUT2D eigenvalue weighted by Gasteiger charge is -2.48. The van der Waals surface area contributed by atoms with Gasteiger partial charge in [0, 0.05) is 5.41 Å². The molecule has 1 aliphatic heterocycles. The molecule has 2 aliphatic rings. The molecule has 37 heavy (non-hydrogen) atoms. The predicted molar refractivity (Wildman–Crippen MR) is 124 cm³/mol. The highest BCUT2D eigenvalue weighted by Crippen LogP contribution is 2.50. The zero-order chi connectivity index (χ0) is 27.3. The summed E-state index contributed by atoms with van der Waals surface area (Å²) >= 11 is 0. The van der Waals surface area contributed by atoms with Gasteiger partial charge in [0.05, 0.1) is 29.4 Å². The number of benzene rings is 2. The number of cyclic esters (lactones) is 1. The number of nitrogens with one attached hydrogen (secondary N) is 1. The molecule has 1 atom stereocenters. The predicted octanol–water partition coefficient (Wildman–Crippen LogP) is 7.57. The van der Waals surface area contributed by atoms with Crippen LogP contribution in [0.2, 0.25) is 0 Å². The molecule has 1 spiro atoms. The molecule has 1 saturated heterocycles. The SMILES string of the molecule is CC(OCC1(c2ccccc2)CCC2(CC1)NC(=O)OC2(C)C)c1cc(C(F)(F)F)cc(C(F)(F)F)c1.